The van der Waals surface area contributed by atoms with Gasteiger partial charge in [-0.3, -0.25) is 9.59 Å². The maximum Gasteiger partial charge on any atom is 0.280 e. The number of unbranched alkanes of at least 4 members (excludes halogenated alkanes) is 3. The number of hydrogen-bond donors (Lipinski definition) is 2. The van der Waals surface area contributed by atoms with E-state index in [1.165, 1.54) is 6.21 Å². The number of rotatable bonds is 8. The number of aromatic nitrogens is 1. The van der Waals surface area contributed by atoms with E-state index in [4.69, 9.17) is 0 Å². The lowest BCUT2D eigenvalue weighted by Gasteiger charge is -2.14. The van der Waals surface area contributed by atoms with Gasteiger partial charge in [0.2, 0.25) is 0 Å². The van der Waals surface area contributed by atoms with E-state index in [-0.39, 0.29) is 11.3 Å². The molecule has 1 amide bonds. The highest BCUT2D eigenvalue weighted by Gasteiger charge is 2.21. The molecule has 0 unspecified atom stereocenters. The Balaban J connectivity index is 1.92. The van der Waals surface area contributed by atoms with Crippen molar-refractivity contribution in [2.45, 2.75) is 39.2 Å². The maximum atomic E-state index is 13.1. The number of para-hydroxylation sites is 1. The number of halogens is 1. The van der Waals surface area contributed by atoms with Crippen LogP contribution in [0.4, 0.5) is 0 Å². The first kappa shape index (κ1) is 21.8. The zero-order valence-electron chi connectivity index (χ0n) is 16.8. The van der Waals surface area contributed by atoms with Gasteiger partial charge in [0.05, 0.1) is 11.7 Å². The molecule has 0 saturated heterocycles. The Bertz CT molecular complexity index is 1140. The van der Waals surface area contributed by atoms with Crippen LogP contribution in [0.2, 0.25) is 0 Å². The van der Waals surface area contributed by atoms with E-state index >= 15 is 0 Å². The standard InChI is InChI=1S/C23H24BrN3O3/c1-2-3-4-7-13-27-19-12-6-5-11-18(19)21(28)20(23(27)30)22(29)26-25-15-16-9-8-10-17(24)14-16/h5-6,8-12,14-15,28H,2-4,7,13H2,1H3,(H,26,29). The molecule has 1 heterocycles. The minimum atomic E-state index is -0.739. The Morgan fingerprint density at radius 3 is 2.73 bits per heavy atom. The summed E-state index contributed by atoms with van der Waals surface area (Å²) in [6.45, 7) is 2.61. The molecule has 0 bridgehead atoms. The summed E-state index contributed by atoms with van der Waals surface area (Å²) in [4.78, 5) is 25.8. The number of amides is 1. The van der Waals surface area contributed by atoms with E-state index in [1.807, 2.05) is 30.3 Å². The summed E-state index contributed by atoms with van der Waals surface area (Å²) in [6, 6.07) is 14.5. The summed E-state index contributed by atoms with van der Waals surface area (Å²) < 4.78 is 2.45. The molecule has 3 rings (SSSR count). The predicted molar refractivity (Wildman–Crippen MR) is 123 cm³/mol. The number of nitrogens with zero attached hydrogens (tertiary/aromatic N) is 2. The molecule has 1 aromatic heterocycles. The predicted octanol–water partition coefficient (Wildman–Crippen LogP) is 4.81. The molecule has 156 valence electrons. The number of pyridine rings is 1. The van der Waals surface area contributed by atoms with Crippen molar-refractivity contribution in [3.8, 4) is 5.75 Å². The number of fused-ring (bicyclic) bond motifs is 1. The molecule has 0 aliphatic carbocycles. The molecule has 0 aliphatic heterocycles. The van der Waals surface area contributed by atoms with Gasteiger partial charge < -0.3 is 9.67 Å². The topological polar surface area (TPSA) is 83.7 Å². The van der Waals surface area contributed by atoms with E-state index in [0.717, 1.165) is 35.7 Å². The Labute approximate surface area is 183 Å². The quantitative estimate of drug-likeness (QED) is 0.282. The van der Waals surface area contributed by atoms with Crippen LogP contribution in [0.1, 0.15) is 48.5 Å². The van der Waals surface area contributed by atoms with Crippen LogP contribution in [-0.2, 0) is 6.54 Å². The summed E-state index contributed by atoms with van der Waals surface area (Å²) >= 11 is 3.37. The zero-order chi connectivity index (χ0) is 21.5. The third-order valence-corrected chi connectivity index (χ3v) is 5.33. The number of hydrazone groups is 1. The highest BCUT2D eigenvalue weighted by Crippen LogP contribution is 2.26. The smallest absolute Gasteiger partial charge is 0.280 e. The molecule has 0 aliphatic rings. The molecule has 30 heavy (non-hydrogen) atoms. The first-order valence-corrected chi connectivity index (χ1v) is 10.8. The van der Waals surface area contributed by atoms with Crippen LogP contribution in [-0.4, -0.2) is 21.8 Å². The van der Waals surface area contributed by atoms with E-state index in [2.05, 4.69) is 33.4 Å². The molecule has 0 atom stereocenters. The minimum absolute atomic E-state index is 0.296. The Kier molecular flexibility index (Phi) is 7.41. The van der Waals surface area contributed by atoms with Gasteiger partial charge in [0.1, 0.15) is 11.3 Å². The summed E-state index contributed by atoms with van der Waals surface area (Å²) in [5.74, 6) is -1.06. The number of benzene rings is 2. The third kappa shape index (κ3) is 4.97. The molecular weight excluding hydrogens is 446 g/mol. The first-order chi connectivity index (χ1) is 14.5. The van der Waals surface area contributed by atoms with Gasteiger partial charge in [-0.2, -0.15) is 5.10 Å². The molecule has 6 nitrogen and oxygen atoms in total. The zero-order valence-corrected chi connectivity index (χ0v) is 18.4. The molecule has 0 fully saturated rings. The lowest BCUT2D eigenvalue weighted by atomic mass is 10.1. The molecule has 3 aromatic rings. The second-order valence-corrected chi connectivity index (χ2v) is 7.93. The molecule has 0 saturated carbocycles. The van der Waals surface area contributed by atoms with Gasteiger partial charge in [0.25, 0.3) is 11.5 Å². The van der Waals surface area contributed by atoms with Crippen LogP contribution < -0.4 is 11.0 Å². The summed E-state index contributed by atoms with van der Waals surface area (Å²) in [6.07, 6.45) is 5.47. The van der Waals surface area contributed by atoms with Crippen molar-refractivity contribution in [1.82, 2.24) is 9.99 Å². The van der Waals surface area contributed by atoms with E-state index in [1.54, 1.807) is 22.8 Å². The normalized spacial score (nSPS) is 11.3. The van der Waals surface area contributed by atoms with Crippen LogP contribution in [0.25, 0.3) is 10.9 Å². The van der Waals surface area contributed by atoms with Gasteiger partial charge >= 0.3 is 0 Å². The Hall–Kier alpha value is -2.93. The van der Waals surface area contributed by atoms with Crippen LogP contribution in [0.15, 0.2) is 62.9 Å². The van der Waals surface area contributed by atoms with E-state index < -0.39 is 11.5 Å². The minimum Gasteiger partial charge on any atom is -0.506 e. The van der Waals surface area contributed by atoms with Gasteiger partial charge in [-0.25, -0.2) is 5.43 Å². The number of aryl methyl sites for hydroxylation is 1. The second kappa shape index (κ2) is 10.2. The van der Waals surface area contributed by atoms with Gasteiger partial charge in [-0.1, -0.05) is 66.4 Å². The largest absolute Gasteiger partial charge is 0.506 e. The van der Waals surface area contributed by atoms with Crippen molar-refractivity contribution in [1.29, 1.82) is 0 Å². The van der Waals surface area contributed by atoms with Gasteiger partial charge in [-0.15, -0.1) is 0 Å². The van der Waals surface area contributed by atoms with Crippen LogP contribution in [0.3, 0.4) is 0 Å². The van der Waals surface area contributed by atoms with Crippen molar-refractivity contribution in [2.24, 2.45) is 5.10 Å². The van der Waals surface area contributed by atoms with E-state index in [9.17, 15) is 14.7 Å². The first-order valence-electron chi connectivity index (χ1n) is 9.96. The summed E-state index contributed by atoms with van der Waals surface area (Å²) in [5, 5.41) is 15.1. The number of carbonyl (C=O) groups excluding carboxylic acids is 1. The van der Waals surface area contributed by atoms with Gasteiger partial charge in [-0.05, 0) is 36.2 Å². The number of carbonyl (C=O) groups is 1. The van der Waals surface area contributed by atoms with Crippen LogP contribution >= 0.6 is 15.9 Å². The highest BCUT2D eigenvalue weighted by molar-refractivity contribution is 9.10. The molecular formula is C23H24BrN3O3. The van der Waals surface area contributed by atoms with Crippen LogP contribution in [0, 0.1) is 0 Å². The van der Waals surface area contributed by atoms with Crippen molar-refractivity contribution >= 4 is 39.0 Å². The van der Waals surface area contributed by atoms with Gasteiger partial charge in [0, 0.05) is 16.4 Å². The fourth-order valence-electron chi connectivity index (χ4n) is 3.32. The fourth-order valence-corrected chi connectivity index (χ4v) is 3.74. The fraction of sp³-hybridized carbons (Fsp3) is 0.261. The van der Waals surface area contributed by atoms with E-state index in [0.29, 0.717) is 17.4 Å². The van der Waals surface area contributed by atoms with Crippen molar-refractivity contribution in [2.75, 3.05) is 0 Å². The third-order valence-electron chi connectivity index (χ3n) is 4.84. The molecule has 0 spiro atoms. The lowest BCUT2D eigenvalue weighted by Crippen LogP contribution is -2.31. The SMILES string of the molecule is CCCCCCn1c(=O)c(C(=O)NN=Cc2cccc(Br)c2)c(O)c2ccccc21. The number of aromatic hydroxyl groups is 1. The number of hydrogen-bond acceptors (Lipinski definition) is 4. The molecule has 0 radical (unpaired) electrons. The summed E-state index contributed by atoms with van der Waals surface area (Å²) in [7, 11) is 0. The highest BCUT2D eigenvalue weighted by atomic mass is 79.9. The van der Waals surface area contributed by atoms with Gasteiger partial charge in [0.15, 0.2) is 0 Å². The molecule has 2 N–H and O–H groups in total. The molecule has 2 aromatic carbocycles. The Morgan fingerprint density at radius 1 is 1.17 bits per heavy atom. The Morgan fingerprint density at radius 2 is 1.97 bits per heavy atom. The molecule has 7 heteroatoms. The number of nitrogens with one attached hydrogen (secondary N) is 1. The second-order valence-electron chi connectivity index (χ2n) is 7.01. The maximum absolute atomic E-state index is 13.1. The lowest BCUT2D eigenvalue weighted by molar-refractivity contribution is 0.0950. The average Bonchev–Trinajstić information content (AvgIpc) is 2.73. The van der Waals surface area contributed by atoms with Crippen molar-refractivity contribution < 1.29 is 9.90 Å². The summed E-state index contributed by atoms with van der Waals surface area (Å²) in [5.41, 5.74) is 2.94. The van der Waals surface area contributed by atoms with Crippen LogP contribution in [0.5, 0.6) is 5.75 Å². The van der Waals surface area contributed by atoms with Crippen molar-refractivity contribution in [3.63, 3.8) is 0 Å². The average molecular weight is 470 g/mol. The monoisotopic (exact) mass is 469 g/mol. The van der Waals surface area contributed by atoms with Crippen molar-refractivity contribution in [3.05, 3.63) is 74.5 Å².